The third-order valence-electron chi connectivity index (χ3n) is 4.77. The maximum absolute atomic E-state index is 12.2. The van der Waals surface area contributed by atoms with Crippen molar-refractivity contribution >= 4 is 11.8 Å². The van der Waals surface area contributed by atoms with E-state index in [9.17, 15) is 9.59 Å². The van der Waals surface area contributed by atoms with Gasteiger partial charge in [0, 0.05) is 25.6 Å². The van der Waals surface area contributed by atoms with Gasteiger partial charge in [0.05, 0.1) is 0 Å². The lowest BCUT2D eigenvalue weighted by Gasteiger charge is -2.30. The standard InChI is InChI=1S/C20H28N2O2/c1-4-19(23)22-12-9-18(10-13-22)20(24)21-11-5-6-17-8-7-15(2)14-16(17)3/h4,7-8,14,18H,1,5-6,9-13H2,2-3H3,(H,21,24). The van der Waals surface area contributed by atoms with Gasteiger partial charge >= 0.3 is 0 Å². The largest absolute Gasteiger partial charge is 0.356 e. The number of carbonyl (C=O) groups excluding carboxylic acids is 2. The van der Waals surface area contributed by atoms with Crippen LogP contribution in [0.1, 0.15) is 36.0 Å². The Morgan fingerprint density at radius 2 is 2.00 bits per heavy atom. The number of nitrogens with one attached hydrogen (secondary N) is 1. The molecule has 1 aliphatic heterocycles. The molecule has 1 aromatic carbocycles. The highest BCUT2D eigenvalue weighted by atomic mass is 16.2. The molecule has 0 atom stereocenters. The number of nitrogens with zero attached hydrogens (tertiary/aromatic N) is 1. The van der Waals surface area contributed by atoms with E-state index in [1.165, 1.54) is 22.8 Å². The first kappa shape index (κ1) is 18.2. The van der Waals surface area contributed by atoms with Gasteiger partial charge in [0.25, 0.3) is 0 Å². The van der Waals surface area contributed by atoms with E-state index in [-0.39, 0.29) is 17.7 Å². The lowest BCUT2D eigenvalue weighted by molar-refractivity contribution is -0.132. The Labute approximate surface area is 144 Å². The second-order valence-corrected chi connectivity index (χ2v) is 6.63. The minimum Gasteiger partial charge on any atom is -0.356 e. The molecule has 1 N–H and O–H groups in total. The Balaban J connectivity index is 1.68. The Morgan fingerprint density at radius 1 is 1.29 bits per heavy atom. The molecule has 130 valence electrons. The topological polar surface area (TPSA) is 49.4 Å². The summed E-state index contributed by atoms with van der Waals surface area (Å²) in [5, 5.41) is 3.05. The van der Waals surface area contributed by atoms with Crippen molar-refractivity contribution in [3.05, 3.63) is 47.5 Å². The number of carbonyl (C=O) groups is 2. The molecular weight excluding hydrogens is 300 g/mol. The molecule has 1 heterocycles. The van der Waals surface area contributed by atoms with Gasteiger partial charge in [-0.15, -0.1) is 0 Å². The van der Waals surface area contributed by atoms with Crippen LogP contribution in [-0.2, 0) is 16.0 Å². The van der Waals surface area contributed by atoms with Crippen LogP contribution in [0, 0.1) is 19.8 Å². The molecule has 4 heteroatoms. The molecule has 0 spiro atoms. The summed E-state index contributed by atoms with van der Waals surface area (Å²) in [7, 11) is 0. The molecule has 1 aromatic rings. The first-order chi connectivity index (χ1) is 11.5. The molecule has 0 radical (unpaired) electrons. The summed E-state index contributed by atoms with van der Waals surface area (Å²) in [5.74, 6) is 0.114. The molecule has 0 saturated carbocycles. The van der Waals surface area contributed by atoms with Gasteiger partial charge in [-0.2, -0.15) is 0 Å². The van der Waals surface area contributed by atoms with Crippen LogP contribution >= 0.6 is 0 Å². The van der Waals surface area contributed by atoms with Crippen molar-refractivity contribution in [2.75, 3.05) is 19.6 Å². The minimum absolute atomic E-state index is 0.0278. The highest BCUT2D eigenvalue weighted by Gasteiger charge is 2.25. The van der Waals surface area contributed by atoms with E-state index in [2.05, 4.69) is 43.9 Å². The fourth-order valence-electron chi connectivity index (χ4n) is 3.25. The highest BCUT2D eigenvalue weighted by Crippen LogP contribution is 2.18. The first-order valence-electron chi connectivity index (χ1n) is 8.76. The Hall–Kier alpha value is -2.10. The van der Waals surface area contributed by atoms with Crippen molar-refractivity contribution in [1.82, 2.24) is 10.2 Å². The molecular formula is C20H28N2O2. The summed E-state index contributed by atoms with van der Waals surface area (Å²) in [5.41, 5.74) is 3.96. The van der Waals surface area contributed by atoms with Crippen LogP contribution < -0.4 is 5.32 Å². The molecule has 1 saturated heterocycles. The molecule has 0 aliphatic carbocycles. The molecule has 1 aliphatic rings. The maximum Gasteiger partial charge on any atom is 0.245 e. The van der Waals surface area contributed by atoms with Gasteiger partial charge in [-0.3, -0.25) is 9.59 Å². The van der Waals surface area contributed by atoms with Gasteiger partial charge in [-0.25, -0.2) is 0 Å². The number of aryl methyl sites for hydroxylation is 3. The van der Waals surface area contributed by atoms with Crippen LogP contribution in [-0.4, -0.2) is 36.3 Å². The molecule has 4 nitrogen and oxygen atoms in total. The average molecular weight is 328 g/mol. The monoisotopic (exact) mass is 328 g/mol. The minimum atomic E-state index is -0.0395. The lowest BCUT2D eigenvalue weighted by atomic mass is 9.95. The quantitative estimate of drug-likeness (QED) is 0.645. The summed E-state index contributed by atoms with van der Waals surface area (Å²) in [6.45, 7) is 9.74. The van der Waals surface area contributed by atoms with Crippen molar-refractivity contribution in [3.8, 4) is 0 Å². The van der Waals surface area contributed by atoms with Gasteiger partial charge in [0.1, 0.15) is 0 Å². The van der Waals surface area contributed by atoms with Crippen LogP contribution in [0.2, 0.25) is 0 Å². The number of piperidine rings is 1. The molecule has 2 rings (SSSR count). The average Bonchev–Trinajstić information content (AvgIpc) is 2.59. The third kappa shape index (κ3) is 4.95. The van der Waals surface area contributed by atoms with Crippen LogP contribution in [0.4, 0.5) is 0 Å². The number of hydrogen-bond donors (Lipinski definition) is 1. The van der Waals surface area contributed by atoms with Gasteiger partial charge in [0.2, 0.25) is 11.8 Å². The molecule has 1 fully saturated rings. The lowest BCUT2D eigenvalue weighted by Crippen LogP contribution is -2.42. The van der Waals surface area contributed by atoms with Crippen molar-refractivity contribution < 1.29 is 9.59 Å². The number of likely N-dealkylation sites (tertiary alicyclic amines) is 1. The first-order valence-corrected chi connectivity index (χ1v) is 8.76. The van der Waals surface area contributed by atoms with Crippen LogP contribution in [0.5, 0.6) is 0 Å². The zero-order valence-electron chi connectivity index (χ0n) is 14.8. The zero-order valence-corrected chi connectivity index (χ0v) is 14.8. The van der Waals surface area contributed by atoms with Crippen LogP contribution in [0.25, 0.3) is 0 Å². The molecule has 24 heavy (non-hydrogen) atoms. The Bertz CT molecular complexity index is 602. The maximum atomic E-state index is 12.2. The number of amides is 2. The second-order valence-electron chi connectivity index (χ2n) is 6.63. The van der Waals surface area contributed by atoms with Gasteiger partial charge < -0.3 is 10.2 Å². The van der Waals surface area contributed by atoms with Gasteiger partial charge in [-0.05, 0) is 56.7 Å². The molecule has 2 amide bonds. The van der Waals surface area contributed by atoms with E-state index in [1.807, 2.05) is 0 Å². The van der Waals surface area contributed by atoms with Crippen molar-refractivity contribution in [1.29, 1.82) is 0 Å². The van der Waals surface area contributed by atoms with Crippen molar-refractivity contribution in [2.24, 2.45) is 5.92 Å². The predicted octanol–water partition coefficient (Wildman–Crippen LogP) is 2.78. The SMILES string of the molecule is C=CC(=O)N1CCC(C(=O)NCCCc2ccc(C)cc2C)CC1. The normalized spacial score (nSPS) is 15.2. The smallest absolute Gasteiger partial charge is 0.245 e. The number of hydrogen-bond acceptors (Lipinski definition) is 2. The zero-order chi connectivity index (χ0) is 17.5. The number of benzene rings is 1. The van der Waals surface area contributed by atoms with E-state index in [0.29, 0.717) is 19.6 Å². The van der Waals surface area contributed by atoms with E-state index < -0.39 is 0 Å². The highest BCUT2D eigenvalue weighted by molar-refractivity contribution is 5.87. The Kier molecular flexibility index (Phi) is 6.59. The van der Waals surface area contributed by atoms with Crippen molar-refractivity contribution in [2.45, 2.75) is 39.5 Å². The summed E-state index contributed by atoms with van der Waals surface area (Å²) in [6.07, 6.45) is 4.75. The van der Waals surface area contributed by atoms with Gasteiger partial charge in [0.15, 0.2) is 0 Å². The molecule has 0 aromatic heterocycles. The predicted molar refractivity (Wildman–Crippen MR) is 96.7 cm³/mol. The molecule has 0 unspecified atom stereocenters. The van der Waals surface area contributed by atoms with Crippen LogP contribution in [0.3, 0.4) is 0 Å². The van der Waals surface area contributed by atoms with Gasteiger partial charge in [-0.1, -0.05) is 30.3 Å². The van der Waals surface area contributed by atoms with E-state index >= 15 is 0 Å². The fourth-order valence-corrected chi connectivity index (χ4v) is 3.25. The fraction of sp³-hybridized carbons (Fsp3) is 0.500. The summed E-state index contributed by atoms with van der Waals surface area (Å²) >= 11 is 0. The van der Waals surface area contributed by atoms with Crippen LogP contribution in [0.15, 0.2) is 30.9 Å². The third-order valence-corrected chi connectivity index (χ3v) is 4.77. The molecule has 0 bridgehead atoms. The number of rotatable bonds is 6. The summed E-state index contributed by atoms with van der Waals surface area (Å²) in [6, 6.07) is 6.52. The second kappa shape index (κ2) is 8.67. The Morgan fingerprint density at radius 3 is 2.62 bits per heavy atom. The van der Waals surface area contributed by atoms with E-state index in [1.54, 1.807) is 4.90 Å². The summed E-state index contributed by atoms with van der Waals surface area (Å²) < 4.78 is 0. The van der Waals surface area contributed by atoms with E-state index in [4.69, 9.17) is 0 Å². The summed E-state index contributed by atoms with van der Waals surface area (Å²) in [4.78, 5) is 25.5. The van der Waals surface area contributed by atoms with Crippen molar-refractivity contribution in [3.63, 3.8) is 0 Å². The van der Waals surface area contributed by atoms with E-state index in [0.717, 1.165) is 25.7 Å².